The van der Waals surface area contributed by atoms with E-state index in [2.05, 4.69) is 9.71 Å². The molecular formula is C17H20N2O5S. The number of nitrogens with one attached hydrogen (secondary N) is 1. The maximum absolute atomic E-state index is 12.7. The average molecular weight is 364 g/mol. The zero-order valence-corrected chi connectivity index (χ0v) is 14.8. The number of sulfonamides is 1. The van der Waals surface area contributed by atoms with E-state index in [1.807, 2.05) is 6.92 Å². The third-order valence-electron chi connectivity index (χ3n) is 5.45. The number of pyridine rings is 1. The molecule has 2 fully saturated rings. The van der Waals surface area contributed by atoms with E-state index in [1.54, 1.807) is 13.0 Å². The third kappa shape index (κ3) is 2.43. The summed E-state index contributed by atoms with van der Waals surface area (Å²) >= 11 is 0. The number of carbonyl (C=O) groups is 1. The van der Waals surface area contributed by atoms with Crippen LogP contribution in [0.2, 0.25) is 0 Å². The first-order valence-electron chi connectivity index (χ1n) is 8.27. The van der Waals surface area contributed by atoms with Gasteiger partial charge in [-0.25, -0.2) is 22.9 Å². The summed E-state index contributed by atoms with van der Waals surface area (Å²) in [6.45, 7) is 3.54. The normalized spacial score (nSPS) is 36.8. The molecule has 1 aliphatic heterocycles. The molecule has 0 bridgehead atoms. The van der Waals surface area contributed by atoms with Gasteiger partial charge in [0.05, 0.1) is 5.57 Å². The molecule has 25 heavy (non-hydrogen) atoms. The predicted octanol–water partition coefficient (Wildman–Crippen LogP) is 0.824. The number of hydrogen-bond acceptors (Lipinski definition) is 6. The maximum Gasteiger partial charge on any atom is 0.337 e. The number of rotatable bonds is 3. The van der Waals surface area contributed by atoms with Crippen molar-refractivity contribution in [2.24, 2.45) is 5.92 Å². The SMILES string of the molecule is Cc1ccc(S(=O)(=O)N[C@@]2(C)C=C3C(=O)O[C@@H]4CCC(C2)[C@]34O)nc1. The number of nitrogens with zero attached hydrogens (tertiary/aromatic N) is 1. The van der Waals surface area contributed by atoms with Crippen molar-refractivity contribution in [1.29, 1.82) is 0 Å². The van der Waals surface area contributed by atoms with Gasteiger partial charge >= 0.3 is 5.97 Å². The van der Waals surface area contributed by atoms with Crippen LogP contribution >= 0.6 is 0 Å². The first kappa shape index (κ1) is 16.7. The van der Waals surface area contributed by atoms with Gasteiger partial charge in [-0.1, -0.05) is 12.1 Å². The van der Waals surface area contributed by atoms with Crippen molar-refractivity contribution in [3.63, 3.8) is 0 Å². The summed E-state index contributed by atoms with van der Waals surface area (Å²) < 4.78 is 33.3. The maximum atomic E-state index is 12.7. The highest BCUT2D eigenvalue weighted by Crippen LogP contribution is 2.53. The van der Waals surface area contributed by atoms with Crippen LogP contribution in [0.4, 0.5) is 0 Å². The Morgan fingerprint density at radius 2 is 2.12 bits per heavy atom. The molecule has 7 nitrogen and oxygen atoms in total. The Morgan fingerprint density at radius 1 is 1.36 bits per heavy atom. The number of hydrogen-bond donors (Lipinski definition) is 2. The number of aryl methyl sites for hydroxylation is 1. The first-order chi connectivity index (χ1) is 11.6. The molecule has 0 amide bonds. The molecule has 3 aliphatic rings. The van der Waals surface area contributed by atoms with E-state index in [4.69, 9.17) is 4.74 Å². The Balaban J connectivity index is 1.70. The highest BCUT2D eigenvalue weighted by Gasteiger charge is 2.64. The van der Waals surface area contributed by atoms with Gasteiger partial charge in [-0.05, 0) is 50.7 Å². The second-order valence-electron chi connectivity index (χ2n) is 7.45. The van der Waals surface area contributed by atoms with Crippen molar-refractivity contribution in [1.82, 2.24) is 9.71 Å². The minimum Gasteiger partial charge on any atom is -0.455 e. The zero-order valence-electron chi connectivity index (χ0n) is 14.0. The van der Waals surface area contributed by atoms with E-state index in [9.17, 15) is 18.3 Å². The topological polar surface area (TPSA) is 106 Å². The van der Waals surface area contributed by atoms with Crippen LogP contribution in [0.15, 0.2) is 35.0 Å². The third-order valence-corrected chi connectivity index (χ3v) is 6.98. The molecular weight excluding hydrogens is 344 g/mol. The lowest BCUT2D eigenvalue weighted by atomic mass is 9.71. The zero-order chi connectivity index (χ0) is 18.0. The van der Waals surface area contributed by atoms with Gasteiger partial charge in [0.1, 0.15) is 11.7 Å². The Labute approximate surface area is 146 Å². The fourth-order valence-corrected chi connectivity index (χ4v) is 5.62. The second-order valence-corrected chi connectivity index (χ2v) is 9.08. The number of ether oxygens (including phenoxy) is 1. The first-order valence-corrected chi connectivity index (χ1v) is 9.76. The largest absolute Gasteiger partial charge is 0.455 e. The Bertz CT molecular complexity index is 879. The monoisotopic (exact) mass is 364 g/mol. The molecule has 2 aliphatic carbocycles. The summed E-state index contributed by atoms with van der Waals surface area (Å²) in [7, 11) is -3.86. The van der Waals surface area contributed by atoms with Crippen LogP contribution in [-0.4, -0.2) is 41.7 Å². The molecule has 134 valence electrons. The fraction of sp³-hybridized carbons (Fsp3) is 0.529. The van der Waals surface area contributed by atoms with Crippen molar-refractivity contribution in [2.45, 2.75) is 55.4 Å². The minimum absolute atomic E-state index is 0.0724. The van der Waals surface area contributed by atoms with Gasteiger partial charge in [-0.15, -0.1) is 0 Å². The smallest absolute Gasteiger partial charge is 0.337 e. The van der Waals surface area contributed by atoms with Crippen molar-refractivity contribution in [3.05, 3.63) is 35.5 Å². The van der Waals surface area contributed by atoms with E-state index >= 15 is 0 Å². The molecule has 1 saturated carbocycles. The molecule has 1 aromatic rings. The van der Waals surface area contributed by atoms with Crippen LogP contribution < -0.4 is 4.72 Å². The van der Waals surface area contributed by atoms with Crippen molar-refractivity contribution in [3.8, 4) is 0 Å². The van der Waals surface area contributed by atoms with Crippen LogP contribution in [0.1, 0.15) is 31.7 Å². The predicted molar refractivity (Wildman–Crippen MR) is 88.0 cm³/mol. The van der Waals surface area contributed by atoms with E-state index < -0.39 is 33.2 Å². The molecule has 8 heteroatoms. The van der Waals surface area contributed by atoms with Crippen LogP contribution in [0.5, 0.6) is 0 Å². The van der Waals surface area contributed by atoms with Crippen LogP contribution in [0, 0.1) is 12.8 Å². The lowest BCUT2D eigenvalue weighted by molar-refractivity contribution is -0.140. The average Bonchev–Trinajstić information content (AvgIpc) is 2.95. The van der Waals surface area contributed by atoms with Crippen molar-refractivity contribution >= 4 is 16.0 Å². The highest BCUT2D eigenvalue weighted by atomic mass is 32.2. The summed E-state index contributed by atoms with van der Waals surface area (Å²) in [6.07, 6.45) is 4.16. The van der Waals surface area contributed by atoms with Gasteiger partial charge in [-0.2, -0.15) is 0 Å². The molecule has 0 spiro atoms. The molecule has 1 aromatic heterocycles. The molecule has 2 heterocycles. The molecule has 4 atom stereocenters. The molecule has 4 rings (SSSR count). The summed E-state index contributed by atoms with van der Waals surface area (Å²) in [5.74, 6) is -0.779. The van der Waals surface area contributed by atoms with Crippen molar-refractivity contribution in [2.75, 3.05) is 0 Å². The summed E-state index contributed by atoms with van der Waals surface area (Å²) in [5, 5.41) is 10.9. The molecule has 2 N–H and O–H groups in total. The lowest BCUT2D eigenvalue weighted by Gasteiger charge is -2.40. The van der Waals surface area contributed by atoms with Crippen molar-refractivity contribution < 1.29 is 23.1 Å². The van der Waals surface area contributed by atoms with Crippen LogP contribution in [0.3, 0.4) is 0 Å². The van der Waals surface area contributed by atoms with Gasteiger partial charge in [-0.3, -0.25) is 0 Å². The fourth-order valence-electron chi connectivity index (χ4n) is 4.32. The number of aromatic nitrogens is 1. The van der Waals surface area contributed by atoms with E-state index in [0.717, 1.165) is 5.56 Å². The van der Waals surface area contributed by atoms with Gasteiger partial charge in [0.2, 0.25) is 0 Å². The van der Waals surface area contributed by atoms with Gasteiger partial charge in [0.25, 0.3) is 10.0 Å². The Hall–Kier alpha value is -1.77. The summed E-state index contributed by atoms with van der Waals surface area (Å²) in [4.78, 5) is 16.1. The Kier molecular flexibility index (Phi) is 3.42. The van der Waals surface area contributed by atoms with E-state index in [-0.39, 0.29) is 16.5 Å². The molecule has 0 radical (unpaired) electrons. The van der Waals surface area contributed by atoms with Crippen LogP contribution in [-0.2, 0) is 19.6 Å². The highest BCUT2D eigenvalue weighted by molar-refractivity contribution is 7.89. The summed E-state index contributed by atoms with van der Waals surface area (Å²) in [6, 6.07) is 3.13. The summed E-state index contributed by atoms with van der Waals surface area (Å²) in [5.41, 5.74) is -1.24. The lowest BCUT2D eigenvalue weighted by Crippen LogP contribution is -2.54. The number of aliphatic hydroxyl groups is 1. The number of esters is 1. The molecule has 1 saturated heterocycles. The Morgan fingerprint density at radius 3 is 2.80 bits per heavy atom. The molecule has 0 aromatic carbocycles. The molecule has 1 unspecified atom stereocenters. The van der Waals surface area contributed by atoms with Gasteiger partial charge < -0.3 is 9.84 Å². The minimum atomic E-state index is -3.86. The standard InChI is InChI=1S/C17H20N2O5S/c1-10-3-6-14(18-9-10)25(22,23)19-16(2)7-11-4-5-13-17(11,21)12(8-16)15(20)24-13/h3,6,8-9,11,13,19,21H,4-5,7H2,1-2H3/t11?,13-,16-,17+/m1/s1. The quantitative estimate of drug-likeness (QED) is 0.770. The second kappa shape index (κ2) is 5.12. The number of carbonyl (C=O) groups excluding carboxylic acids is 1. The van der Waals surface area contributed by atoms with Gasteiger partial charge in [0, 0.05) is 11.7 Å². The van der Waals surface area contributed by atoms with E-state index in [1.165, 1.54) is 18.3 Å². The van der Waals surface area contributed by atoms with Gasteiger partial charge in [0.15, 0.2) is 5.03 Å². The van der Waals surface area contributed by atoms with Crippen LogP contribution in [0.25, 0.3) is 0 Å². The van der Waals surface area contributed by atoms with E-state index in [0.29, 0.717) is 19.3 Å².